The molecule has 15 heavy (non-hydrogen) atoms. The maximum atomic E-state index is 11.6. The molecule has 0 unspecified atom stereocenters. The van der Waals surface area contributed by atoms with Crippen LogP contribution in [0, 0.1) is 6.92 Å². The van der Waals surface area contributed by atoms with E-state index in [1.165, 1.54) is 10.8 Å². The fraction of sp³-hybridized carbons (Fsp3) is 0.500. The van der Waals surface area contributed by atoms with Crippen LogP contribution >= 0.6 is 0 Å². The van der Waals surface area contributed by atoms with Gasteiger partial charge in [-0.15, -0.1) is 0 Å². The Morgan fingerprint density at radius 3 is 2.53 bits per heavy atom. The first-order chi connectivity index (χ1) is 6.83. The lowest BCUT2D eigenvalue weighted by Gasteiger charge is -2.19. The van der Waals surface area contributed by atoms with Crippen molar-refractivity contribution in [3.63, 3.8) is 0 Å². The van der Waals surface area contributed by atoms with Crippen molar-refractivity contribution in [2.45, 2.75) is 33.3 Å². The van der Waals surface area contributed by atoms with Crippen molar-refractivity contribution in [1.82, 2.24) is 9.55 Å². The van der Waals surface area contributed by atoms with Crippen molar-refractivity contribution in [1.29, 1.82) is 0 Å². The molecular weight excluding hydrogens is 196 g/mol. The predicted octanol–water partition coefficient (Wildman–Crippen LogP) is 1.79. The topological polar surface area (TPSA) is 61.2 Å². The van der Waals surface area contributed by atoms with E-state index in [0.717, 1.165) is 0 Å². The molecular formula is C10H14N2O3. The molecule has 0 saturated heterocycles. The summed E-state index contributed by atoms with van der Waals surface area (Å²) >= 11 is 0. The number of imidazole rings is 1. The minimum Gasteiger partial charge on any atom is -0.443 e. The number of ether oxygens (including phenoxy) is 1. The molecule has 0 atom stereocenters. The predicted molar refractivity (Wildman–Crippen MR) is 54.0 cm³/mol. The second-order valence-corrected chi connectivity index (χ2v) is 4.18. The van der Waals surface area contributed by atoms with Gasteiger partial charge in [0.1, 0.15) is 17.1 Å². The van der Waals surface area contributed by atoms with Crippen molar-refractivity contribution < 1.29 is 14.3 Å². The lowest BCUT2D eigenvalue weighted by Crippen LogP contribution is -2.27. The van der Waals surface area contributed by atoms with E-state index in [2.05, 4.69) is 4.98 Å². The molecule has 0 fully saturated rings. The standard InChI is InChI=1S/C10H14N2O3/c1-7-11-8(6-13)5-12(7)9(14)15-10(2,3)4/h5-6H,1-4H3. The van der Waals surface area contributed by atoms with Gasteiger partial charge in [0.05, 0.1) is 0 Å². The molecule has 0 aliphatic heterocycles. The van der Waals surface area contributed by atoms with E-state index < -0.39 is 11.7 Å². The van der Waals surface area contributed by atoms with Gasteiger partial charge in [-0.25, -0.2) is 14.3 Å². The monoisotopic (exact) mass is 210 g/mol. The molecule has 0 saturated carbocycles. The Morgan fingerprint density at radius 1 is 1.53 bits per heavy atom. The highest BCUT2D eigenvalue weighted by molar-refractivity contribution is 5.76. The molecule has 1 aromatic heterocycles. The van der Waals surface area contributed by atoms with Crippen LogP contribution in [0.3, 0.4) is 0 Å². The normalized spacial score (nSPS) is 11.2. The Kier molecular flexibility index (Phi) is 2.93. The van der Waals surface area contributed by atoms with Crippen LogP contribution in [0.15, 0.2) is 6.20 Å². The summed E-state index contributed by atoms with van der Waals surface area (Å²) in [6, 6.07) is 0. The minimum absolute atomic E-state index is 0.221. The largest absolute Gasteiger partial charge is 0.443 e. The van der Waals surface area contributed by atoms with Crippen LogP contribution < -0.4 is 0 Å². The molecule has 5 heteroatoms. The van der Waals surface area contributed by atoms with Crippen molar-refractivity contribution >= 4 is 12.4 Å². The second-order valence-electron chi connectivity index (χ2n) is 4.18. The zero-order chi connectivity index (χ0) is 11.6. The first-order valence-electron chi connectivity index (χ1n) is 4.58. The molecule has 0 bridgehead atoms. The third kappa shape index (κ3) is 2.90. The van der Waals surface area contributed by atoms with Gasteiger partial charge in [0, 0.05) is 6.20 Å². The Hall–Kier alpha value is -1.65. The molecule has 0 aliphatic carbocycles. The van der Waals surface area contributed by atoms with Crippen LogP contribution in [-0.4, -0.2) is 27.5 Å². The van der Waals surface area contributed by atoms with Crippen LogP contribution in [0.4, 0.5) is 4.79 Å². The molecule has 0 N–H and O–H groups in total. The van der Waals surface area contributed by atoms with Crippen LogP contribution in [0.25, 0.3) is 0 Å². The first kappa shape index (κ1) is 11.4. The Balaban J connectivity index is 2.91. The zero-order valence-electron chi connectivity index (χ0n) is 9.27. The zero-order valence-corrected chi connectivity index (χ0v) is 9.27. The summed E-state index contributed by atoms with van der Waals surface area (Å²) in [5.74, 6) is 0.436. The fourth-order valence-electron chi connectivity index (χ4n) is 1.05. The van der Waals surface area contributed by atoms with E-state index >= 15 is 0 Å². The van der Waals surface area contributed by atoms with Gasteiger partial charge < -0.3 is 4.74 Å². The number of nitrogens with zero attached hydrogens (tertiary/aromatic N) is 2. The highest BCUT2D eigenvalue weighted by Crippen LogP contribution is 2.10. The van der Waals surface area contributed by atoms with Gasteiger partial charge in [0.2, 0.25) is 0 Å². The van der Waals surface area contributed by atoms with E-state index in [9.17, 15) is 9.59 Å². The maximum Gasteiger partial charge on any atom is 0.420 e. The summed E-state index contributed by atoms with van der Waals surface area (Å²) < 4.78 is 6.35. The van der Waals surface area contributed by atoms with E-state index in [1.54, 1.807) is 27.7 Å². The van der Waals surface area contributed by atoms with Crippen molar-refractivity contribution in [2.75, 3.05) is 0 Å². The van der Waals surface area contributed by atoms with Crippen LogP contribution in [0.1, 0.15) is 37.1 Å². The molecule has 1 rings (SSSR count). The summed E-state index contributed by atoms with van der Waals surface area (Å²) in [7, 11) is 0. The lowest BCUT2D eigenvalue weighted by atomic mass is 10.2. The summed E-state index contributed by atoms with van der Waals surface area (Å²) in [4.78, 5) is 25.9. The van der Waals surface area contributed by atoms with Gasteiger partial charge in [-0.3, -0.25) is 4.79 Å². The number of aldehydes is 1. The summed E-state index contributed by atoms with van der Waals surface area (Å²) in [5, 5.41) is 0. The average Bonchev–Trinajstić information content (AvgIpc) is 2.43. The number of aromatic nitrogens is 2. The van der Waals surface area contributed by atoms with Gasteiger partial charge in [-0.1, -0.05) is 0 Å². The number of hydrogen-bond donors (Lipinski definition) is 0. The van der Waals surface area contributed by atoms with Gasteiger partial charge in [0.15, 0.2) is 6.29 Å². The highest BCUT2D eigenvalue weighted by Gasteiger charge is 2.19. The van der Waals surface area contributed by atoms with Crippen molar-refractivity contribution in [3.8, 4) is 0 Å². The SMILES string of the molecule is Cc1nc(C=O)cn1C(=O)OC(C)(C)C. The van der Waals surface area contributed by atoms with Crippen LogP contribution in [0.2, 0.25) is 0 Å². The number of aryl methyl sites for hydroxylation is 1. The molecule has 1 heterocycles. The lowest BCUT2D eigenvalue weighted by molar-refractivity contribution is 0.0533. The maximum absolute atomic E-state index is 11.6. The number of hydrogen-bond acceptors (Lipinski definition) is 4. The fourth-order valence-corrected chi connectivity index (χ4v) is 1.05. The van der Waals surface area contributed by atoms with Gasteiger partial charge >= 0.3 is 6.09 Å². The first-order valence-corrected chi connectivity index (χ1v) is 4.58. The molecule has 0 aromatic carbocycles. The molecule has 0 radical (unpaired) electrons. The quantitative estimate of drug-likeness (QED) is 0.663. The van der Waals surface area contributed by atoms with E-state index in [0.29, 0.717) is 12.1 Å². The van der Waals surface area contributed by atoms with Gasteiger partial charge in [0.25, 0.3) is 0 Å². The number of rotatable bonds is 1. The summed E-state index contributed by atoms with van der Waals surface area (Å²) in [5.41, 5.74) is -0.340. The molecule has 1 aromatic rings. The van der Waals surface area contributed by atoms with Crippen LogP contribution in [0.5, 0.6) is 0 Å². The second kappa shape index (κ2) is 3.84. The Morgan fingerprint density at radius 2 is 2.13 bits per heavy atom. The molecule has 0 spiro atoms. The van der Waals surface area contributed by atoms with Crippen molar-refractivity contribution in [2.24, 2.45) is 0 Å². The average molecular weight is 210 g/mol. The third-order valence-electron chi connectivity index (χ3n) is 1.61. The Labute approximate surface area is 88.1 Å². The molecule has 0 amide bonds. The Bertz CT molecular complexity index is 388. The summed E-state index contributed by atoms with van der Waals surface area (Å²) in [6.45, 7) is 6.96. The summed E-state index contributed by atoms with van der Waals surface area (Å²) in [6.07, 6.45) is 1.42. The van der Waals surface area contributed by atoms with E-state index in [1.807, 2.05) is 0 Å². The molecule has 5 nitrogen and oxygen atoms in total. The highest BCUT2D eigenvalue weighted by atomic mass is 16.6. The van der Waals surface area contributed by atoms with E-state index in [4.69, 9.17) is 4.74 Å². The number of carbonyl (C=O) groups is 2. The number of carbonyl (C=O) groups excluding carboxylic acids is 2. The van der Waals surface area contributed by atoms with Gasteiger partial charge in [-0.05, 0) is 27.7 Å². The molecule has 82 valence electrons. The third-order valence-corrected chi connectivity index (χ3v) is 1.61. The molecule has 0 aliphatic rings. The van der Waals surface area contributed by atoms with Crippen molar-refractivity contribution in [3.05, 3.63) is 17.7 Å². The minimum atomic E-state index is -0.560. The van der Waals surface area contributed by atoms with Crippen LogP contribution in [-0.2, 0) is 4.74 Å². The van der Waals surface area contributed by atoms with Gasteiger partial charge in [-0.2, -0.15) is 0 Å². The van der Waals surface area contributed by atoms with E-state index in [-0.39, 0.29) is 5.69 Å². The smallest absolute Gasteiger partial charge is 0.420 e.